The summed E-state index contributed by atoms with van der Waals surface area (Å²) >= 11 is 2.06. The number of nitrogens with one attached hydrogen (secondary N) is 1. The molecule has 0 aliphatic carbocycles. The Morgan fingerprint density at radius 2 is 2.00 bits per heavy atom. The summed E-state index contributed by atoms with van der Waals surface area (Å²) in [6, 6.07) is 8.95. The Balaban J connectivity index is 1.69. The Kier molecular flexibility index (Phi) is 5.36. The van der Waals surface area contributed by atoms with Gasteiger partial charge in [0.15, 0.2) is 0 Å². The molecule has 1 saturated heterocycles. The van der Waals surface area contributed by atoms with E-state index in [4.69, 9.17) is 5.11 Å². The molecular weight excluding hydrogens is 230 g/mol. The molecule has 1 atom stereocenters. The van der Waals surface area contributed by atoms with Crippen molar-refractivity contribution in [2.24, 2.45) is 0 Å². The van der Waals surface area contributed by atoms with Gasteiger partial charge in [-0.1, -0.05) is 24.3 Å². The summed E-state index contributed by atoms with van der Waals surface area (Å²) in [5.41, 5.74) is 2.34. The lowest BCUT2D eigenvalue weighted by Gasteiger charge is -2.22. The molecule has 0 unspecified atom stereocenters. The van der Waals surface area contributed by atoms with Crippen molar-refractivity contribution in [1.29, 1.82) is 0 Å². The first-order valence-corrected chi connectivity index (χ1v) is 7.54. The molecule has 0 amide bonds. The van der Waals surface area contributed by atoms with Crippen molar-refractivity contribution in [1.82, 2.24) is 5.32 Å². The summed E-state index contributed by atoms with van der Waals surface area (Å²) in [6.07, 6.45) is 3.76. The van der Waals surface area contributed by atoms with Crippen LogP contribution in [0.2, 0.25) is 0 Å². The largest absolute Gasteiger partial charge is 0.392 e. The van der Waals surface area contributed by atoms with Gasteiger partial charge in [0, 0.05) is 11.8 Å². The number of rotatable bonds is 5. The average Bonchev–Trinajstić information content (AvgIpc) is 2.41. The average molecular weight is 251 g/mol. The molecule has 2 N–H and O–H groups in total. The molecule has 1 heterocycles. The van der Waals surface area contributed by atoms with Crippen LogP contribution >= 0.6 is 11.8 Å². The first kappa shape index (κ1) is 12.9. The molecule has 0 radical (unpaired) electrons. The van der Waals surface area contributed by atoms with Crippen LogP contribution in [-0.2, 0) is 13.0 Å². The summed E-state index contributed by atoms with van der Waals surface area (Å²) in [7, 11) is 0. The van der Waals surface area contributed by atoms with Crippen LogP contribution in [0.1, 0.15) is 24.0 Å². The van der Waals surface area contributed by atoms with E-state index >= 15 is 0 Å². The van der Waals surface area contributed by atoms with E-state index in [1.54, 1.807) is 0 Å². The maximum absolute atomic E-state index is 8.96. The Morgan fingerprint density at radius 1 is 1.24 bits per heavy atom. The molecular formula is C14H21NOS. The highest BCUT2D eigenvalue weighted by molar-refractivity contribution is 7.99. The standard InChI is InChI=1S/C14H21NOS/c16-10-13-5-3-12(4-6-13)7-8-15-14-2-1-9-17-11-14/h3-6,14-16H,1-2,7-11H2/t14-/m1/s1. The number of aliphatic hydroxyl groups excluding tert-OH is 1. The fourth-order valence-electron chi connectivity index (χ4n) is 2.13. The third kappa shape index (κ3) is 4.34. The number of aliphatic hydroxyl groups is 1. The normalized spacial score (nSPS) is 20.4. The van der Waals surface area contributed by atoms with E-state index in [0.717, 1.165) is 18.5 Å². The highest BCUT2D eigenvalue weighted by atomic mass is 32.2. The van der Waals surface area contributed by atoms with Gasteiger partial charge in [-0.15, -0.1) is 0 Å². The molecule has 0 bridgehead atoms. The summed E-state index contributed by atoms with van der Waals surface area (Å²) in [6.45, 7) is 1.20. The van der Waals surface area contributed by atoms with Crippen molar-refractivity contribution in [3.8, 4) is 0 Å². The molecule has 1 aromatic rings. The van der Waals surface area contributed by atoms with E-state index in [-0.39, 0.29) is 6.61 Å². The van der Waals surface area contributed by atoms with Gasteiger partial charge in [-0.05, 0) is 42.7 Å². The van der Waals surface area contributed by atoms with Crippen LogP contribution in [0.3, 0.4) is 0 Å². The number of thioether (sulfide) groups is 1. The van der Waals surface area contributed by atoms with Gasteiger partial charge in [-0.25, -0.2) is 0 Å². The highest BCUT2D eigenvalue weighted by Crippen LogP contribution is 2.16. The van der Waals surface area contributed by atoms with Gasteiger partial charge in [-0.2, -0.15) is 11.8 Å². The zero-order valence-electron chi connectivity index (χ0n) is 10.2. The van der Waals surface area contributed by atoms with Crippen molar-refractivity contribution in [3.05, 3.63) is 35.4 Å². The van der Waals surface area contributed by atoms with Gasteiger partial charge in [0.2, 0.25) is 0 Å². The van der Waals surface area contributed by atoms with Crippen LogP contribution < -0.4 is 5.32 Å². The second-order valence-corrected chi connectivity index (χ2v) is 5.74. The molecule has 1 aliphatic rings. The van der Waals surface area contributed by atoms with Crippen molar-refractivity contribution >= 4 is 11.8 Å². The smallest absolute Gasteiger partial charge is 0.0681 e. The maximum atomic E-state index is 8.96. The number of hydrogen-bond donors (Lipinski definition) is 2. The first-order chi connectivity index (χ1) is 8.38. The van der Waals surface area contributed by atoms with Crippen LogP contribution in [-0.4, -0.2) is 29.2 Å². The van der Waals surface area contributed by atoms with Gasteiger partial charge in [0.1, 0.15) is 0 Å². The first-order valence-electron chi connectivity index (χ1n) is 6.38. The second kappa shape index (κ2) is 7.04. The Hall–Kier alpha value is -0.510. The van der Waals surface area contributed by atoms with Crippen LogP contribution in [0.15, 0.2) is 24.3 Å². The molecule has 3 heteroatoms. The molecule has 1 fully saturated rings. The minimum absolute atomic E-state index is 0.137. The van der Waals surface area contributed by atoms with Crippen LogP contribution in [0.4, 0.5) is 0 Å². The molecule has 0 aromatic heterocycles. The van der Waals surface area contributed by atoms with E-state index < -0.39 is 0 Å². The quantitative estimate of drug-likeness (QED) is 0.841. The molecule has 1 aromatic carbocycles. The SMILES string of the molecule is OCc1ccc(CCN[C@@H]2CCCSC2)cc1. The minimum Gasteiger partial charge on any atom is -0.392 e. The van der Waals surface area contributed by atoms with Gasteiger partial charge in [0.25, 0.3) is 0 Å². The topological polar surface area (TPSA) is 32.3 Å². The fourth-order valence-corrected chi connectivity index (χ4v) is 3.24. The van der Waals surface area contributed by atoms with Crippen LogP contribution in [0.5, 0.6) is 0 Å². The third-order valence-electron chi connectivity index (χ3n) is 3.21. The minimum atomic E-state index is 0.137. The predicted molar refractivity (Wildman–Crippen MR) is 74.4 cm³/mol. The summed E-state index contributed by atoms with van der Waals surface area (Å²) < 4.78 is 0. The fraction of sp³-hybridized carbons (Fsp3) is 0.571. The van der Waals surface area contributed by atoms with Crippen molar-refractivity contribution in [2.75, 3.05) is 18.1 Å². The molecule has 94 valence electrons. The van der Waals surface area contributed by atoms with Crippen molar-refractivity contribution in [2.45, 2.75) is 31.9 Å². The second-order valence-electron chi connectivity index (χ2n) is 4.59. The Labute approximate surface area is 108 Å². The van der Waals surface area contributed by atoms with Gasteiger partial charge < -0.3 is 10.4 Å². The predicted octanol–water partition coefficient (Wildman–Crippen LogP) is 2.21. The van der Waals surface area contributed by atoms with Crippen LogP contribution in [0.25, 0.3) is 0 Å². The van der Waals surface area contributed by atoms with E-state index in [1.165, 1.54) is 29.9 Å². The summed E-state index contributed by atoms with van der Waals surface area (Å²) in [5.74, 6) is 2.60. The zero-order chi connectivity index (χ0) is 11.9. The van der Waals surface area contributed by atoms with Crippen LogP contribution in [0, 0.1) is 0 Å². The zero-order valence-corrected chi connectivity index (χ0v) is 11.0. The Morgan fingerprint density at radius 3 is 2.65 bits per heavy atom. The lowest BCUT2D eigenvalue weighted by atomic mass is 10.1. The molecule has 0 saturated carbocycles. The maximum Gasteiger partial charge on any atom is 0.0681 e. The lowest BCUT2D eigenvalue weighted by molar-refractivity contribution is 0.282. The van der Waals surface area contributed by atoms with Gasteiger partial charge in [-0.3, -0.25) is 0 Å². The summed E-state index contributed by atoms with van der Waals surface area (Å²) in [4.78, 5) is 0. The van der Waals surface area contributed by atoms with Gasteiger partial charge in [0.05, 0.1) is 6.61 Å². The van der Waals surface area contributed by atoms with Gasteiger partial charge >= 0.3 is 0 Å². The van der Waals surface area contributed by atoms with Crippen molar-refractivity contribution in [3.63, 3.8) is 0 Å². The number of benzene rings is 1. The summed E-state index contributed by atoms with van der Waals surface area (Å²) in [5, 5.41) is 12.6. The van der Waals surface area contributed by atoms with E-state index in [1.807, 2.05) is 12.1 Å². The molecule has 1 aliphatic heterocycles. The molecule has 0 spiro atoms. The van der Waals surface area contributed by atoms with E-state index in [0.29, 0.717) is 6.04 Å². The van der Waals surface area contributed by atoms with E-state index in [2.05, 4.69) is 29.2 Å². The molecule has 17 heavy (non-hydrogen) atoms. The molecule has 2 rings (SSSR count). The Bertz CT molecular complexity index is 319. The lowest BCUT2D eigenvalue weighted by Crippen LogP contribution is -2.35. The van der Waals surface area contributed by atoms with E-state index in [9.17, 15) is 0 Å². The molecule has 2 nitrogen and oxygen atoms in total. The van der Waals surface area contributed by atoms with Crippen molar-refractivity contribution < 1.29 is 5.11 Å². The highest BCUT2D eigenvalue weighted by Gasteiger charge is 2.12. The third-order valence-corrected chi connectivity index (χ3v) is 4.43. The number of hydrogen-bond acceptors (Lipinski definition) is 3. The monoisotopic (exact) mass is 251 g/mol.